The van der Waals surface area contributed by atoms with Gasteiger partial charge in [0, 0.05) is 35.0 Å². The van der Waals surface area contributed by atoms with Gasteiger partial charge in [-0.15, -0.1) is 0 Å². The van der Waals surface area contributed by atoms with Gasteiger partial charge in [-0.25, -0.2) is 9.59 Å². The highest BCUT2D eigenvalue weighted by Crippen LogP contribution is 2.31. The Balaban J connectivity index is 2.56. The van der Waals surface area contributed by atoms with Crippen molar-refractivity contribution in [2.45, 2.75) is 79.1 Å². The normalized spacial score (nSPS) is 12.6. The lowest BCUT2D eigenvalue weighted by atomic mass is 9.90. The molecule has 0 radical (unpaired) electrons. The first-order valence-corrected chi connectivity index (χ1v) is 13.8. The number of amides is 2. The fraction of sp³-hybridized carbons (Fsp3) is 0.533. The van der Waals surface area contributed by atoms with E-state index in [-0.39, 0.29) is 44.9 Å². The van der Waals surface area contributed by atoms with Crippen molar-refractivity contribution in [2.24, 2.45) is 11.8 Å². The van der Waals surface area contributed by atoms with Gasteiger partial charge in [0.2, 0.25) is 0 Å². The zero-order valence-electron chi connectivity index (χ0n) is 23.1. The highest BCUT2D eigenvalue weighted by atomic mass is 16.4. The Morgan fingerprint density at radius 1 is 0.632 bits per heavy atom. The average molecular weight is 527 g/mol. The van der Waals surface area contributed by atoms with Crippen molar-refractivity contribution in [3.8, 4) is 0 Å². The minimum absolute atomic E-state index is 0.0387. The molecule has 0 aliphatic carbocycles. The number of aromatic carboxylic acids is 2. The molecule has 0 bridgehead atoms. The number of carboxylic acid groups (broad SMARTS) is 2. The number of carbonyl (C=O) groups excluding carboxylic acids is 2. The molecule has 4 N–H and O–H groups in total. The summed E-state index contributed by atoms with van der Waals surface area (Å²) in [7, 11) is 0. The lowest BCUT2D eigenvalue weighted by molar-refractivity contribution is 0.0684. The Bertz CT molecular complexity index is 1050. The number of hydrogen-bond acceptors (Lipinski definition) is 4. The number of nitrogens with one attached hydrogen (secondary N) is 2. The molecule has 0 fully saturated rings. The second-order valence-electron chi connectivity index (χ2n) is 9.93. The third kappa shape index (κ3) is 7.79. The van der Waals surface area contributed by atoms with E-state index in [1.807, 2.05) is 0 Å². The van der Waals surface area contributed by atoms with Gasteiger partial charge in [-0.2, -0.15) is 0 Å². The summed E-state index contributed by atoms with van der Waals surface area (Å²) < 4.78 is 0. The molecule has 2 unspecified atom stereocenters. The summed E-state index contributed by atoms with van der Waals surface area (Å²) in [6.45, 7) is 9.18. The van der Waals surface area contributed by atoms with Crippen LogP contribution in [0.5, 0.6) is 0 Å². The zero-order valence-corrected chi connectivity index (χ0v) is 23.1. The van der Waals surface area contributed by atoms with Crippen LogP contribution in [0.4, 0.5) is 0 Å². The van der Waals surface area contributed by atoms with Gasteiger partial charge < -0.3 is 20.8 Å². The van der Waals surface area contributed by atoms with E-state index >= 15 is 0 Å². The van der Waals surface area contributed by atoms with E-state index < -0.39 is 23.8 Å². The second-order valence-corrected chi connectivity index (χ2v) is 9.93. The van der Waals surface area contributed by atoms with E-state index in [4.69, 9.17) is 0 Å². The number of rotatable bonds is 16. The summed E-state index contributed by atoms with van der Waals surface area (Å²) in [6.07, 6.45) is 7.90. The molecule has 2 amide bonds. The maximum Gasteiger partial charge on any atom is 0.336 e. The second kappa shape index (κ2) is 15.1. The highest BCUT2D eigenvalue weighted by molar-refractivity contribution is 6.23. The van der Waals surface area contributed by atoms with Gasteiger partial charge in [-0.3, -0.25) is 9.59 Å². The molecule has 2 atom stereocenters. The number of hydrogen-bond donors (Lipinski definition) is 4. The molecule has 38 heavy (non-hydrogen) atoms. The van der Waals surface area contributed by atoms with Gasteiger partial charge >= 0.3 is 11.9 Å². The first kappa shape index (κ1) is 30.8. The van der Waals surface area contributed by atoms with Crippen LogP contribution in [-0.4, -0.2) is 47.1 Å². The summed E-state index contributed by atoms with van der Waals surface area (Å²) in [4.78, 5) is 50.9. The standard InChI is InChI=1S/C30H42N2O6/c1-5-9-11-19(7-3)17-31-27(33)21-13-14-22(28(34)32-18-20(8-4)12-10-6-2)26-24(30(37)38)16-15-23(25(21)26)29(35)36/h13-16,19-20H,5-12,17-18H2,1-4H3,(H,31,33)(H,32,34)(H,35,36)(H,37,38). The number of carboxylic acids is 2. The van der Waals surface area contributed by atoms with Gasteiger partial charge in [0.25, 0.3) is 11.8 Å². The fourth-order valence-electron chi connectivity index (χ4n) is 4.78. The first-order valence-electron chi connectivity index (χ1n) is 13.8. The molecule has 2 aromatic carbocycles. The topological polar surface area (TPSA) is 133 Å². The Labute approximate surface area is 225 Å². The van der Waals surface area contributed by atoms with Crippen molar-refractivity contribution in [3.05, 3.63) is 46.5 Å². The number of unbranched alkanes of at least 4 members (excludes halogenated alkanes) is 2. The quantitative estimate of drug-likeness (QED) is 0.208. The average Bonchev–Trinajstić information content (AvgIpc) is 2.91. The van der Waals surface area contributed by atoms with Crippen LogP contribution in [0.3, 0.4) is 0 Å². The molecular formula is C30H42N2O6. The molecule has 208 valence electrons. The molecule has 0 saturated carbocycles. The third-order valence-corrected chi connectivity index (χ3v) is 7.30. The van der Waals surface area contributed by atoms with Crippen LogP contribution in [0.2, 0.25) is 0 Å². The van der Waals surface area contributed by atoms with E-state index in [1.54, 1.807) is 0 Å². The van der Waals surface area contributed by atoms with Crippen LogP contribution in [0.25, 0.3) is 10.8 Å². The number of benzene rings is 2. The van der Waals surface area contributed by atoms with Crippen molar-refractivity contribution in [2.75, 3.05) is 13.1 Å². The van der Waals surface area contributed by atoms with E-state index in [0.29, 0.717) is 13.1 Å². The molecule has 8 heteroatoms. The SMILES string of the molecule is CCCCC(CC)CNC(=O)c1ccc(C(=O)NCC(CC)CCCC)c2c(C(=O)O)ccc(C(=O)O)c12. The maximum atomic E-state index is 13.3. The smallest absolute Gasteiger partial charge is 0.336 e. The maximum absolute atomic E-state index is 13.3. The summed E-state index contributed by atoms with van der Waals surface area (Å²) in [6, 6.07) is 5.21. The summed E-state index contributed by atoms with van der Waals surface area (Å²) >= 11 is 0. The van der Waals surface area contributed by atoms with Crippen LogP contribution >= 0.6 is 0 Å². The Morgan fingerprint density at radius 3 is 1.26 bits per heavy atom. The molecule has 0 heterocycles. The Morgan fingerprint density at radius 2 is 0.974 bits per heavy atom. The van der Waals surface area contributed by atoms with Crippen LogP contribution in [0.15, 0.2) is 24.3 Å². The first-order chi connectivity index (χ1) is 18.2. The van der Waals surface area contributed by atoms with Crippen LogP contribution in [-0.2, 0) is 0 Å². The lowest BCUT2D eigenvalue weighted by Gasteiger charge is -2.19. The van der Waals surface area contributed by atoms with E-state index in [1.165, 1.54) is 24.3 Å². The summed E-state index contributed by atoms with van der Waals surface area (Å²) in [5.74, 6) is -3.04. The largest absolute Gasteiger partial charge is 0.478 e. The molecule has 2 rings (SSSR count). The molecule has 0 saturated heterocycles. The molecule has 0 aliphatic rings. The lowest BCUT2D eigenvalue weighted by Crippen LogP contribution is -2.31. The van der Waals surface area contributed by atoms with Gasteiger partial charge in [0.05, 0.1) is 11.1 Å². The highest BCUT2D eigenvalue weighted by Gasteiger charge is 2.26. The van der Waals surface area contributed by atoms with Crippen molar-refractivity contribution < 1.29 is 29.4 Å². The van der Waals surface area contributed by atoms with Crippen LogP contribution in [0.1, 0.15) is 120 Å². The van der Waals surface area contributed by atoms with E-state index in [0.717, 1.165) is 51.4 Å². The predicted octanol–water partition coefficient (Wildman–Crippen LogP) is 6.13. The minimum Gasteiger partial charge on any atom is -0.478 e. The van der Waals surface area contributed by atoms with Gasteiger partial charge in [0.15, 0.2) is 0 Å². The van der Waals surface area contributed by atoms with Crippen LogP contribution in [0, 0.1) is 11.8 Å². The predicted molar refractivity (Wildman–Crippen MR) is 149 cm³/mol. The Hall–Kier alpha value is -3.42. The van der Waals surface area contributed by atoms with E-state index in [2.05, 4.69) is 38.3 Å². The van der Waals surface area contributed by atoms with Gasteiger partial charge in [0.1, 0.15) is 0 Å². The molecule has 0 spiro atoms. The van der Waals surface area contributed by atoms with Crippen molar-refractivity contribution in [1.29, 1.82) is 0 Å². The Kier molecular flexibility index (Phi) is 12.2. The van der Waals surface area contributed by atoms with Crippen molar-refractivity contribution in [3.63, 3.8) is 0 Å². The summed E-state index contributed by atoms with van der Waals surface area (Å²) in [5, 5.41) is 25.5. The third-order valence-electron chi connectivity index (χ3n) is 7.30. The molecule has 0 aliphatic heterocycles. The number of fused-ring (bicyclic) bond motifs is 1. The molecule has 0 aromatic heterocycles. The summed E-state index contributed by atoms with van der Waals surface area (Å²) in [5.41, 5.74) is -0.372. The van der Waals surface area contributed by atoms with E-state index in [9.17, 15) is 29.4 Å². The fourth-order valence-corrected chi connectivity index (χ4v) is 4.78. The molecular weight excluding hydrogens is 484 g/mol. The van der Waals surface area contributed by atoms with Crippen molar-refractivity contribution in [1.82, 2.24) is 10.6 Å². The molecule has 8 nitrogen and oxygen atoms in total. The van der Waals surface area contributed by atoms with Crippen molar-refractivity contribution >= 4 is 34.5 Å². The monoisotopic (exact) mass is 526 g/mol. The van der Waals surface area contributed by atoms with Gasteiger partial charge in [-0.1, -0.05) is 66.2 Å². The van der Waals surface area contributed by atoms with Crippen LogP contribution < -0.4 is 10.6 Å². The van der Waals surface area contributed by atoms with Gasteiger partial charge in [-0.05, 0) is 48.9 Å². The molecule has 2 aromatic rings. The minimum atomic E-state index is -1.31. The number of carbonyl (C=O) groups is 4. The zero-order chi connectivity index (χ0) is 28.2.